The van der Waals surface area contributed by atoms with Crippen LogP contribution >= 0.6 is 0 Å². The molecule has 2 aliphatic carbocycles. The highest BCUT2D eigenvalue weighted by molar-refractivity contribution is 5.70. The van der Waals surface area contributed by atoms with Crippen molar-refractivity contribution in [1.29, 1.82) is 0 Å². The Bertz CT molecular complexity index is 368. The fourth-order valence-electron chi connectivity index (χ4n) is 3.85. The van der Waals surface area contributed by atoms with E-state index >= 15 is 0 Å². The Morgan fingerprint density at radius 2 is 1.43 bits per heavy atom. The van der Waals surface area contributed by atoms with Crippen LogP contribution in [-0.2, 0) is 19.1 Å². The van der Waals surface area contributed by atoms with Gasteiger partial charge in [0.25, 0.3) is 0 Å². The van der Waals surface area contributed by atoms with Gasteiger partial charge >= 0.3 is 11.9 Å². The Balaban J connectivity index is 1.47. The van der Waals surface area contributed by atoms with E-state index < -0.39 is 0 Å². The molecule has 4 heteroatoms. The third kappa shape index (κ3) is 7.36. The molecule has 2 saturated carbocycles. The normalized spacial score (nSPS) is 20.6. The number of carbonyl (C=O) groups is 2. The summed E-state index contributed by atoms with van der Waals surface area (Å²) in [6.07, 6.45) is 12.3. The second kappa shape index (κ2) is 9.94. The molecule has 0 aromatic carbocycles. The topological polar surface area (TPSA) is 52.6 Å². The van der Waals surface area contributed by atoms with Crippen LogP contribution in [0, 0.1) is 11.8 Å². The Kier molecular flexibility index (Phi) is 7.90. The summed E-state index contributed by atoms with van der Waals surface area (Å²) in [5.41, 5.74) is 0. The van der Waals surface area contributed by atoms with Gasteiger partial charge in [0.15, 0.2) is 0 Å². The van der Waals surface area contributed by atoms with Crippen molar-refractivity contribution in [2.45, 2.75) is 90.1 Å². The first-order valence-corrected chi connectivity index (χ1v) is 9.48. The van der Waals surface area contributed by atoms with Gasteiger partial charge in [0.2, 0.25) is 0 Å². The molecule has 0 spiro atoms. The van der Waals surface area contributed by atoms with Crippen LogP contribution < -0.4 is 0 Å². The molecular weight excluding hydrogens is 292 g/mol. The third-order valence-corrected chi connectivity index (χ3v) is 5.21. The second-order valence-corrected chi connectivity index (χ2v) is 7.37. The molecule has 0 aromatic heterocycles. The van der Waals surface area contributed by atoms with E-state index in [1.165, 1.54) is 51.4 Å². The zero-order valence-electron chi connectivity index (χ0n) is 14.6. The predicted molar refractivity (Wildman–Crippen MR) is 88.9 cm³/mol. The maximum atomic E-state index is 11.8. The molecule has 0 amide bonds. The van der Waals surface area contributed by atoms with Gasteiger partial charge < -0.3 is 9.47 Å². The van der Waals surface area contributed by atoms with E-state index in [9.17, 15) is 9.59 Å². The molecule has 0 saturated heterocycles. The largest absolute Gasteiger partial charge is 0.466 e. The fourth-order valence-corrected chi connectivity index (χ4v) is 3.85. The third-order valence-electron chi connectivity index (χ3n) is 5.21. The molecule has 4 nitrogen and oxygen atoms in total. The van der Waals surface area contributed by atoms with Gasteiger partial charge in [-0.1, -0.05) is 25.7 Å². The van der Waals surface area contributed by atoms with Crippen molar-refractivity contribution in [2.75, 3.05) is 6.61 Å². The monoisotopic (exact) mass is 324 g/mol. The van der Waals surface area contributed by atoms with E-state index in [0.717, 1.165) is 12.8 Å². The van der Waals surface area contributed by atoms with Crippen molar-refractivity contribution in [3.8, 4) is 0 Å². The van der Waals surface area contributed by atoms with Crippen molar-refractivity contribution in [3.05, 3.63) is 0 Å². The smallest absolute Gasteiger partial charge is 0.306 e. The Labute approximate surface area is 140 Å². The quantitative estimate of drug-likeness (QED) is 0.466. The van der Waals surface area contributed by atoms with Gasteiger partial charge in [-0.15, -0.1) is 0 Å². The van der Waals surface area contributed by atoms with Crippen LogP contribution in [0.15, 0.2) is 0 Å². The molecule has 132 valence electrons. The molecule has 0 N–H and O–H groups in total. The molecule has 23 heavy (non-hydrogen) atoms. The lowest BCUT2D eigenvalue weighted by Crippen LogP contribution is -2.18. The number of hydrogen-bond donors (Lipinski definition) is 0. The molecule has 0 aromatic rings. The van der Waals surface area contributed by atoms with Crippen molar-refractivity contribution >= 4 is 11.9 Å². The van der Waals surface area contributed by atoms with Gasteiger partial charge in [0.1, 0.15) is 0 Å². The molecule has 0 radical (unpaired) electrons. The molecule has 0 bridgehead atoms. The van der Waals surface area contributed by atoms with Gasteiger partial charge in [-0.25, -0.2) is 0 Å². The summed E-state index contributed by atoms with van der Waals surface area (Å²) in [5.74, 6) is 0.939. The van der Waals surface area contributed by atoms with Gasteiger partial charge in [-0.3, -0.25) is 9.59 Å². The summed E-state index contributed by atoms with van der Waals surface area (Å²) < 4.78 is 10.7. The molecule has 2 rings (SSSR count). The Morgan fingerprint density at radius 1 is 0.913 bits per heavy atom. The fraction of sp³-hybridized carbons (Fsp3) is 0.895. The minimum atomic E-state index is -0.0857. The van der Waals surface area contributed by atoms with Crippen LogP contribution in [0.5, 0.6) is 0 Å². The highest BCUT2D eigenvalue weighted by atomic mass is 16.5. The van der Waals surface area contributed by atoms with Crippen molar-refractivity contribution in [3.63, 3.8) is 0 Å². The molecule has 2 aliphatic rings. The average molecular weight is 324 g/mol. The average Bonchev–Trinajstić information content (AvgIpc) is 3.17. The number of rotatable bonds is 9. The first-order valence-electron chi connectivity index (χ1n) is 9.48. The lowest BCUT2D eigenvalue weighted by molar-refractivity contribution is -0.151. The van der Waals surface area contributed by atoms with Crippen molar-refractivity contribution in [1.82, 2.24) is 0 Å². The predicted octanol–water partition coefficient (Wildman–Crippen LogP) is 4.40. The summed E-state index contributed by atoms with van der Waals surface area (Å²) in [7, 11) is 0. The second-order valence-electron chi connectivity index (χ2n) is 7.37. The summed E-state index contributed by atoms with van der Waals surface area (Å²) >= 11 is 0. The molecule has 0 heterocycles. The van der Waals surface area contributed by atoms with Crippen LogP contribution in [0.4, 0.5) is 0 Å². The maximum Gasteiger partial charge on any atom is 0.306 e. The molecule has 1 unspecified atom stereocenters. The Morgan fingerprint density at radius 3 is 2.00 bits per heavy atom. The van der Waals surface area contributed by atoms with Crippen molar-refractivity contribution < 1.29 is 19.1 Å². The first kappa shape index (κ1) is 18.3. The van der Waals surface area contributed by atoms with Gasteiger partial charge in [0, 0.05) is 12.8 Å². The summed E-state index contributed by atoms with van der Waals surface area (Å²) in [4.78, 5) is 23.5. The van der Waals surface area contributed by atoms with Crippen molar-refractivity contribution in [2.24, 2.45) is 11.8 Å². The Hall–Kier alpha value is -1.06. The number of carbonyl (C=O) groups excluding carboxylic acids is 2. The van der Waals surface area contributed by atoms with E-state index in [-0.39, 0.29) is 18.0 Å². The zero-order valence-corrected chi connectivity index (χ0v) is 14.6. The van der Waals surface area contributed by atoms with Gasteiger partial charge in [0.05, 0.1) is 12.7 Å². The maximum absolute atomic E-state index is 11.8. The van der Waals surface area contributed by atoms with Crippen LogP contribution in [-0.4, -0.2) is 24.6 Å². The standard InChI is InChI=1S/C19H32O4/c1-15(23-19(21)14-17-10-4-5-11-17)7-6-12-22-18(20)13-16-8-2-3-9-16/h15-17H,2-14H2,1H3. The number of esters is 2. The van der Waals surface area contributed by atoms with Crippen LogP contribution in [0.25, 0.3) is 0 Å². The minimum absolute atomic E-state index is 0.0669. The summed E-state index contributed by atoms with van der Waals surface area (Å²) in [5, 5.41) is 0. The number of hydrogen-bond acceptors (Lipinski definition) is 4. The SMILES string of the molecule is CC(CCCOC(=O)CC1CCCC1)OC(=O)CC1CCCC1. The minimum Gasteiger partial charge on any atom is -0.466 e. The molecule has 2 fully saturated rings. The summed E-state index contributed by atoms with van der Waals surface area (Å²) in [6.45, 7) is 2.36. The van der Waals surface area contributed by atoms with E-state index in [4.69, 9.17) is 9.47 Å². The molecular formula is C19H32O4. The molecule has 0 aliphatic heterocycles. The number of ether oxygens (including phenoxy) is 2. The van der Waals surface area contributed by atoms with E-state index in [2.05, 4.69) is 0 Å². The van der Waals surface area contributed by atoms with Gasteiger partial charge in [-0.2, -0.15) is 0 Å². The highest BCUT2D eigenvalue weighted by Gasteiger charge is 2.21. The zero-order chi connectivity index (χ0) is 16.5. The first-order chi connectivity index (χ1) is 11.1. The van der Waals surface area contributed by atoms with Gasteiger partial charge in [-0.05, 0) is 57.3 Å². The van der Waals surface area contributed by atoms with Crippen LogP contribution in [0.1, 0.15) is 84.0 Å². The van der Waals surface area contributed by atoms with E-state index in [1.807, 2.05) is 6.92 Å². The van der Waals surface area contributed by atoms with Crippen LogP contribution in [0.3, 0.4) is 0 Å². The van der Waals surface area contributed by atoms with E-state index in [1.54, 1.807) is 0 Å². The lowest BCUT2D eigenvalue weighted by atomic mass is 10.0. The highest BCUT2D eigenvalue weighted by Crippen LogP contribution is 2.28. The lowest BCUT2D eigenvalue weighted by Gasteiger charge is -2.15. The van der Waals surface area contributed by atoms with E-state index in [0.29, 0.717) is 31.3 Å². The molecule has 1 atom stereocenters. The van der Waals surface area contributed by atoms with Crippen LogP contribution in [0.2, 0.25) is 0 Å². The summed E-state index contributed by atoms with van der Waals surface area (Å²) in [6, 6.07) is 0.